The molecule has 1 amide bonds. The zero-order valence-corrected chi connectivity index (χ0v) is 24.4. The van der Waals surface area contributed by atoms with Gasteiger partial charge in [0.15, 0.2) is 0 Å². The SMILES string of the molecule is C[C@H]1CN([C@@H](C)CO)C(=O)c2cc(NS(=O)(=O)c3ccccc3)ccc2O[C@@H]1CN(C)S(=O)(=O)c1ccc(F)cc1. The maximum atomic E-state index is 13.6. The lowest BCUT2D eigenvalue weighted by Gasteiger charge is -2.38. The summed E-state index contributed by atoms with van der Waals surface area (Å²) < 4.78 is 75.3. The first-order valence-corrected chi connectivity index (χ1v) is 15.8. The molecule has 1 heterocycles. The molecule has 4 rings (SSSR count). The van der Waals surface area contributed by atoms with E-state index in [1.807, 2.05) is 0 Å². The van der Waals surface area contributed by atoms with E-state index in [2.05, 4.69) is 4.72 Å². The number of fused-ring (bicyclic) bond motifs is 1. The second-order valence-corrected chi connectivity index (χ2v) is 13.7. The summed E-state index contributed by atoms with van der Waals surface area (Å²) in [4.78, 5) is 15.1. The molecule has 3 aromatic rings. The van der Waals surface area contributed by atoms with E-state index in [1.165, 1.54) is 54.4 Å². The van der Waals surface area contributed by atoms with E-state index in [-0.39, 0.29) is 52.4 Å². The number of ether oxygens (including phenoxy) is 1. The van der Waals surface area contributed by atoms with Crippen LogP contribution in [0.4, 0.5) is 10.1 Å². The van der Waals surface area contributed by atoms with Gasteiger partial charge in [-0.1, -0.05) is 25.1 Å². The number of likely N-dealkylation sites (N-methyl/N-ethyl adjacent to an activating group) is 1. The van der Waals surface area contributed by atoms with Crippen molar-refractivity contribution in [1.82, 2.24) is 9.21 Å². The molecule has 0 bridgehead atoms. The molecule has 2 N–H and O–H groups in total. The third-order valence-corrected chi connectivity index (χ3v) is 10.2. The number of carbonyl (C=O) groups excluding carboxylic acids is 1. The fraction of sp³-hybridized carbons (Fsp3) is 0.321. The third-order valence-electron chi connectivity index (χ3n) is 6.93. The largest absolute Gasteiger partial charge is 0.488 e. The van der Waals surface area contributed by atoms with Gasteiger partial charge < -0.3 is 14.7 Å². The Bertz CT molecular complexity index is 1600. The number of hydrogen-bond donors (Lipinski definition) is 2. The molecule has 0 aromatic heterocycles. The molecule has 3 atom stereocenters. The smallest absolute Gasteiger partial charge is 0.261 e. The molecule has 220 valence electrons. The molecule has 0 spiro atoms. The Morgan fingerprint density at radius 3 is 2.34 bits per heavy atom. The summed E-state index contributed by atoms with van der Waals surface area (Å²) in [6, 6.07) is 15.9. The highest BCUT2D eigenvalue weighted by molar-refractivity contribution is 7.92. The Morgan fingerprint density at radius 2 is 1.71 bits per heavy atom. The van der Waals surface area contributed by atoms with Crippen LogP contribution >= 0.6 is 0 Å². The van der Waals surface area contributed by atoms with Crippen LogP contribution in [0, 0.1) is 11.7 Å². The lowest BCUT2D eigenvalue weighted by atomic mass is 9.99. The van der Waals surface area contributed by atoms with Gasteiger partial charge in [-0.25, -0.2) is 21.2 Å². The Hall–Kier alpha value is -3.52. The first-order valence-electron chi connectivity index (χ1n) is 12.9. The minimum atomic E-state index is -3.99. The van der Waals surface area contributed by atoms with Gasteiger partial charge in [0, 0.05) is 25.2 Å². The monoisotopic (exact) mass is 605 g/mol. The fourth-order valence-electron chi connectivity index (χ4n) is 4.46. The highest BCUT2D eigenvalue weighted by atomic mass is 32.2. The van der Waals surface area contributed by atoms with Crippen molar-refractivity contribution in [3.8, 4) is 5.75 Å². The molecule has 0 unspecified atom stereocenters. The number of nitrogens with zero attached hydrogens (tertiary/aromatic N) is 2. The number of carbonyl (C=O) groups is 1. The van der Waals surface area contributed by atoms with Crippen molar-refractivity contribution in [2.45, 2.75) is 35.8 Å². The minimum Gasteiger partial charge on any atom is -0.488 e. The van der Waals surface area contributed by atoms with E-state index in [1.54, 1.807) is 32.0 Å². The van der Waals surface area contributed by atoms with Crippen molar-refractivity contribution in [2.24, 2.45) is 5.92 Å². The number of amides is 1. The molecule has 3 aromatic carbocycles. The van der Waals surface area contributed by atoms with Gasteiger partial charge in [0.1, 0.15) is 17.7 Å². The third kappa shape index (κ3) is 6.70. The Morgan fingerprint density at radius 1 is 1.05 bits per heavy atom. The number of sulfonamides is 2. The summed E-state index contributed by atoms with van der Waals surface area (Å²) in [7, 11) is -6.54. The van der Waals surface area contributed by atoms with Crippen LogP contribution in [0.15, 0.2) is 82.6 Å². The number of halogens is 1. The van der Waals surface area contributed by atoms with Crippen molar-refractivity contribution in [3.63, 3.8) is 0 Å². The fourth-order valence-corrected chi connectivity index (χ4v) is 6.71. The Kier molecular flexibility index (Phi) is 9.02. The predicted molar refractivity (Wildman–Crippen MR) is 151 cm³/mol. The molecule has 41 heavy (non-hydrogen) atoms. The zero-order valence-electron chi connectivity index (χ0n) is 22.8. The van der Waals surface area contributed by atoms with Gasteiger partial charge in [0.25, 0.3) is 15.9 Å². The van der Waals surface area contributed by atoms with Crippen molar-refractivity contribution in [2.75, 3.05) is 31.5 Å². The van der Waals surface area contributed by atoms with Crippen LogP contribution in [0.1, 0.15) is 24.2 Å². The normalized spacial score (nSPS) is 18.7. The molecule has 13 heteroatoms. The zero-order chi connectivity index (χ0) is 29.9. The number of anilines is 1. The highest BCUT2D eigenvalue weighted by Gasteiger charge is 2.35. The van der Waals surface area contributed by atoms with Gasteiger partial charge >= 0.3 is 0 Å². The van der Waals surface area contributed by atoms with Crippen LogP contribution in [-0.2, 0) is 20.0 Å². The lowest BCUT2D eigenvalue weighted by molar-refractivity contribution is 0.0387. The first-order chi connectivity index (χ1) is 19.3. The predicted octanol–water partition coefficient (Wildman–Crippen LogP) is 3.17. The average Bonchev–Trinajstić information content (AvgIpc) is 2.95. The summed E-state index contributed by atoms with van der Waals surface area (Å²) in [5.41, 5.74) is 0.182. The molecule has 10 nitrogen and oxygen atoms in total. The Balaban J connectivity index is 1.68. The van der Waals surface area contributed by atoms with Crippen LogP contribution in [-0.4, -0.2) is 75.9 Å². The van der Waals surface area contributed by atoms with E-state index < -0.39 is 43.9 Å². The summed E-state index contributed by atoms with van der Waals surface area (Å²) >= 11 is 0. The van der Waals surface area contributed by atoms with Gasteiger partial charge in [-0.3, -0.25) is 9.52 Å². The Labute approximate surface area is 239 Å². The maximum absolute atomic E-state index is 13.6. The number of nitrogens with one attached hydrogen (secondary N) is 1. The van der Waals surface area contributed by atoms with Gasteiger partial charge in [-0.2, -0.15) is 4.31 Å². The lowest BCUT2D eigenvalue weighted by Crippen LogP contribution is -2.50. The van der Waals surface area contributed by atoms with E-state index >= 15 is 0 Å². The van der Waals surface area contributed by atoms with E-state index in [0.717, 1.165) is 16.4 Å². The summed E-state index contributed by atoms with van der Waals surface area (Å²) in [5.74, 6) is -1.27. The van der Waals surface area contributed by atoms with Crippen molar-refractivity contribution >= 4 is 31.6 Å². The molecule has 0 saturated heterocycles. The summed E-state index contributed by atoms with van der Waals surface area (Å²) in [6.45, 7) is 3.20. The second-order valence-electron chi connectivity index (χ2n) is 9.99. The molecule has 0 saturated carbocycles. The molecule has 1 aliphatic rings. The van der Waals surface area contributed by atoms with Crippen LogP contribution < -0.4 is 9.46 Å². The molecule has 0 fully saturated rings. The van der Waals surface area contributed by atoms with Crippen molar-refractivity contribution in [1.29, 1.82) is 0 Å². The van der Waals surface area contributed by atoms with Crippen LogP contribution in [0.5, 0.6) is 5.75 Å². The molecule has 1 aliphatic heterocycles. The molecule has 0 aliphatic carbocycles. The van der Waals surface area contributed by atoms with Gasteiger partial charge in [0.2, 0.25) is 10.0 Å². The van der Waals surface area contributed by atoms with Gasteiger partial charge in [-0.05, 0) is 61.5 Å². The number of benzene rings is 3. The quantitative estimate of drug-likeness (QED) is 0.383. The van der Waals surface area contributed by atoms with E-state index in [9.17, 15) is 31.1 Å². The standard InChI is InChI=1S/C28H32FN3O7S2/c1-19-16-32(20(2)18-33)28(34)25-15-22(30-40(35,36)23-7-5-4-6-8-23)11-14-26(25)39-27(19)17-31(3)41(37,38)24-12-9-21(29)10-13-24/h4-15,19-20,27,30,33H,16-18H2,1-3H3/t19-,20-,27+/m0/s1. The highest BCUT2D eigenvalue weighted by Crippen LogP contribution is 2.32. The van der Waals surface area contributed by atoms with Crippen molar-refractivity contribution < 1.29 is 35.9 Å². The molecular formula is C28H32FN3O7S2. The molecule has 0 radical (unpaired) electrons. The summed E-state index contributed by atoms with van der Waals surface area (Å²) in [5, 5.41) is 9.87. The second kappa shape index (κ2) is 12.1. The van der Waals surface area contributed by atoms with Crippen molar-refractivity contribution in [3.05, 3.63) is 84.2 Å². The number of aliphatic hydroxyl groups excluding tert-OH is 1. The van der Waals surface area contributed by atoms with Crippen LogP contribution in [0.3, 0.4) is 0 Å². The maximum Gasteiger partial charge on any atom is 0.261 e. The number of aliphatic hydroxyl groups is 1. The van der Waals surface area contributed by atoms with Gasteiger partial charge in [-0.15, -0.1) is 0 Å². The first kappa shape index (κ1) is 30.4. The van der Waals surface area contributed by atoms with E-state index in [4.69, 9.17) is 4.74 Å². The van der Waals surface area contributed by atoms with E-state index in [0.29, 0.717) is 0 Å². The van der Waals surface area contributed by atoms with Crippen LogP contribution in [0.2, 0.25) is 0 Å². The molecular weight excluding hydrogens is 573 g/mol. The summed E-state index contributed by atoms with van der Waals surface area (Å²) in [6.07, 6.45) is -0.734. The topological polar surface area (TPSA) is 133 Å². The number of hydrogen-bond acceptors (Lipinski definition) is 7. The van der Waals surface area contributed by atoms with Gasteiger partial charge in [0.05, 0.1) is 34.5 Å². The van der Waals surface area contributed by atoms with Crippen LogP contribution in [0.25, 0.3) is 0 Å². The number of rotatable bonds is 9. The minimum absolute atomic E-state index is 0.0455. The average molecular weight is 606 g/mol.